The van der Waals surface area contributed by atoms with E-state index in [4.69, 9.17) is 4.98 Å². The van der Waals surface area contributed by atoms with Crippen molar-refractivity contribution >= 4 is 38.4 Å². The highest BCUT2D eigenvalue weighted by Crippen LogP contribution is 2.57. The molecule has 2 fully saturated rings. The Labute approximate surface area is 180 Å². The second-order valence-electron chi connectivity index (χ2n) is 8.96. The molecular formula is C25H26N4S. The molecule has 2 saturated carbocycles. The minimum atomic E-state index is 0.579. The number of hydrogen-bond acceptors (Lipinski definition) is 4. The summed E-state index contributed by atoms with van der Waals surface area (Å²) in [6.45, 7) is 3.84. The van der Waals surface area contributed by atoms with E-state index in [0.29, 0.717) is 11.5 Å². The Bertz CT molecular complexity index is 1240. The number of imidazole rings is 1. The lowest BCUT2D eigenvalue weighted by atomic mass is 9.86. The zero-order valence-corrected chi connectivity index (χ0v) is 17.9. The summed E-state index contributed by atoms with van der Waals surface area (Å²) in [5, 5.41) is 4.84. The van der Waals surface area contributed by atoms with Gasteiger partial charge in [-0.05, 0) is 60.1 Å². The van der Waals surface area contributed by atoms with E-state index in [2.05, 4.69) is 57.8 Å². The van der Waals surface area contributed by atoms with E-state index in [9.17, 15) is 0 Å². The Morgan fingerprint density at radius 2 is 2.10 bits per heavy atom. The first-order valence-electron chi connectivity index (χ1n) is 11.0. The molecule has 0 amide bonds. The third kappa shape index (κ3) is 3.12. The van der Waals surface area contributed by atoms with Crippen molar-refractivity contribution in [1.82, 2.24) is 14.4 Å². The monoisotopic (exact) mass is 414 g/mol. The minimum absolute atomic E-state index is 0.579. The molecule has 1 N–H and O–H groups in total. The van der Waals surface area contributed by atoms with Crippen molar-refractivity contribution in [3.8, 4) is 0 Å². The summed E-state index contributed by atoms with van der Waals surface area (Å²) < 4.78 is 3.42. The van der Waals surface area contributed by atoms with Gasteiger partial charge in [0.2, 0.25) is 0 Å². The van der Waals surface area contributed by atoms with Crippen LogP contribution in [-0.2, 0) is 6.42 Å². The molecule has 1 atom stereocenters. The molecule has 0 radical (unpaired) electrons. The molecule has 0 aliphatic heterocycles. The van der Waals surface area contributed by atoms with Gasteiger partial charge in [0.15, 0.2) is 5.13 Å². The highest BCUT2D eigenvalue weighted by Gasteiger charge is 2.54. The van der Waals surface area contributed by atoms with Crippen LogP contribution in [0.4, 0.5) is 5.13 Å². The standard InChI is InChI=1S/C25H26N4S/c1-2-17-8-11-29-19(16-26-23(29)14-17)12-18-6-7-20-21(13-18)30-24(27-20)28-22-15-25(22)9-4-3-5-10-25/h2,6-8,11,13-14,16,22H,1,3-5,9-10,12,15H2,(H,27,28)/t22-/m0/s1. The van der Waals surface area contributed by atoms with Crippen LogP contribution in [0.1, 0.15) is 55.3 Å². The highest BCUT2D eigenvalue weighted by molar-refractivity contribution is 7.22. The number of nitrogens with one attached hydrogen (secondary N) is 1. The van der Waals surface area contributed by atoms with Crippen LogP contribution in [0.2, 0.25) is 0 Å². The van der Waals surface area contributed by atoms with Crippen LogP contribution in [0.25, 0.3) is 21.9 Å². The predicted octanol–water partition coefficient (Wildman–Crippen LogP) is 6.31. The molecule has 3 aromatic heterocycles. The predicted molar refractivity (Wildman–Crippen MR) is 125 cm³/mol. The molecule has 1 spiro atoms. The van der Waals surface area contributed by atoms with Crippen LogP contribution in [-0.4, -0.2) is 20.4 Å². The first kappa shape index (κ1) is 18.1. The van der Waals surface area contributed by atoms with Crippen LogP contribution in [0.5, 0.6) is 0 Å². The quantitative estimate of drug-likeness (QED) is 0.416. The number of fused-ring (bicyclic) bond motifs is 2. The first-order valence-corrected chi connectivity index (χ1v) is 11.8. The lowest BCUT2D eigenvalue weighted by Gasteiger charge is -2.22. The Hall–Kier alpha value is -2.66. The van der Waals surface area contributed by atoms with Crippen molar-refractivity contribution in [1.29, 1.82) is 0 Å². The van der Waals surface area contributed by atoms with Crippen molar-refractivity contribution in [3.05, 3.63) is 66.1 Å². The van der Waals surface area contributed by atoms with E-state index in [-0.39, 0.29) is 0 Å². The van der Waals surface area contributed by atoms with Gasteiger partial charge in [0.25, 0.3) is 0 Å². The largest absolute Gasteiger partial charge is 0.358 e. The SMILES string of the molecule is C=Cc1ccn2c(Cc3ccc4nc(N[C@H]5CC56CCCCC6)sc4c3)cnc2c1. The average Bonchev–Trinajstić information content (AvgIpc) is 3.10. The lowest BCUT2D eigenvalue weighted by Crippen LogP contribution is -2.17. The second kappa shape index (κ2) is 6.95. The molecule has 4 nitrogen and oxygen atoms in total. The molecule has 4 aromatic rings. The second-order valence-corrected chi connectivity index (χ2v) is 9.99. The van der Waals surface area contributed by atoms with Gasteiger partial charge in [-0.1, -0.05) is 49.3 Å². The van der Waals surface area contributed by atoms with Crippen LogP contribution >= 0.6 is 11.3 Å². The van der Waals surface area contributed by atoms with Gasteiger partial charge in [-0.15, -0.1) is 0 Å². The maximum atomic E-state index is 4.86. The van der Waals surface area contributed by atoms with Crippen LogP contribution in [0.15, 0.2) is 49.3 Å². The molecule has 3 heterocycles. The number of aromatic nitrogens is 3. The molecule has 1 aromatic carbocycles. The molecule has 2 aliphatic rings. The molecular weight excluding hydrogens is 388 g/mol. The zero-order valence-electron chi connectivity index (χ0n) is 17.1. The van der Waals surface area contributed by atoms with Crippen LogP contribution in [0, 0.1) is 5.41 Å². The number of pyridine rings is 1. The van der Waals surface area contributed by atoms with Gasteiger partial charge < -0.3 is 9.72 Å². The smallest absolute Gasteiger partial charge is 0.184 e. The maximum Gasteiger partial charge on any atom is 0.184 e. The lowest BCUT2D eigenvalue weighted by molar-refractivity contribution is 0.330. The molecule has 0 bridgehead atoms. The summed E-state index contributed by atoms with van der Waals surface area (Å²) in [5.74, 6) is 0. The molecule has 30 heavy (non-hydrogen) atoms. The van der Waals surface area contributed by atoms with E-state index in [1.807, 2.05) is 12.3 Å². The first-order chi connectivity index (χ1) is 14.7. The fourth-order valence-corrected chi connectivity index (χ4v) is 6.15. The van der Waals surface area contributed by atoms with Crippen LogP contribution < -0.4 is 5.32 Å². The van der Waals surface area contributed by atoms with Crippen molar-refractivity contribution < 1.29 is 0 Å². The van der Waals surface area contributed by atoms with Gasteiger partial charge in [0, 0.05) is 30.6 Å². The van der Waals surface area contributed by atoms with Gasteiger partial charge in [-0.3, -0.25) is 0 Å². The summed E-state index contributed by atoms with van der Waals surface area (Å²) in [6, 6.07) is 11.4. The molecule has 6 rings (SSSR count). The summed E-state index contributed by atoms with van der Waals surface area (Å²) in [7, 11) is 0. The van der Waals surface area contributed by atoms with Crippen molar-refractivity contribution in [2.45, 2.75) is 51.0 Å². The van der Waals surface area contributed by atoms with E-state index >= 15 is 0 Å². The topological polar surface area (TPSA) is 42.2 Å². The van der Waals surface area contributed by atoms with E-state index in [1.165, 1.54) is 54.5 Å². The number of nitrogens with zero attached hydrogens (tertiary/aromatic N) is 3. The Morgan fingerprint density at radius 3 is 2.97 bits per heavy atom. The molecule has 0 unspecified atom stereocenters. The Kier molecular flexibility index (Phi) is 4.20. The normalized spacial score (nSPS) is 20.1. The van der Waals surface area contributed by atoms with E-state index < -0.39 is 0 Å². The van der Waals surface area contributed by atoms with Gasteiger partial charge in [0.05, 0.1) is 10.2 Å². The van der Waals surface area contributed by atoms with Crippen molar-refractivity contribution in [2.75, 3.05) is 5.32 Å². The fraction of sp³-hybridized carbons (Fsp3) is 0.360. The van der Waals surface area contributed by atoms with Gasteiger partial charge in [-0.2, -0.15) is 0 Å². The Morgan fingerprint density at radius 1 is 1.20 bits per heavy atom. The van der Waals surface area contributed by atoms with Crippen LogP contribution in [0.3, 0.4) is 0 Å². The van der Waals surface area contributed by atoms with Gasteiger partial charge in [0.1, 0.15) is 5.65 Å². The number of thiazole rings is 1. The molecule has 2 aliphatic carbocycles. The minimum Gasteiger partial charge on any atom is -0.358 e. The number of hydrogen-bond donors (Lipinski definition) is 1. The summed E-state index contributed by atoms with van der Waals surface area (Å²) in [4.78, 5) is 9.42. The molecule has 152 valence electrons. The van der Waals surface area contributed by atoms with Gasteiger partial charge in [-0.25, -0.2) is 9.97 Å². The summed E-state index contributed by atoms with van der Waals surface area (Å²) in [6.07, 6.45) is 15.1. The summed E-state index contributed by atoms with van der Waals surface area (Å²) >= 11 is 1.79. The summed E-state index contributed by atoms with van der Waals surface area (Å²) in [5.41, 5.74) is 6.22. The maximum absolute atomic E-state index is 4.86. The molecule has 5 heteroatoms. The van der Waals surface area contributed by atoms with E-state index in [0.717, 1.165) is 28.3 Å². The third-order valence-corrected chi connectivity index (χ3v) is 7.97. The third-order valence-electron chi connectivity index (χ3n) is 7.02. The zero-order chi connectivity index (χ0) is 20.1. The highest BCUT2D eigenvalue weighted by atomic mass is 32.1. The number of rotatable bonds is 5. The number of anilines is 1. The fourth-order valence-electron chi connectivity index (χ4n) is 5.17. The Balaban J connectivity index is 1.22. The number of benzene rings is 1. The van der Waals surface area contributed by atoms with Gasteiger partial charge >= 0.3 is 0 Å². The van der Waals surface area contributed by atoms with E-state index in [1.54, 1.807) is 11.3 Å². The van der Waals surface area contributed by atoms with Crippen molar-refractivity contribution in [2.24, 2.45) is 5.41 Å². The average molecular weight is 415 g/mol. The van der Waals surface area contributed by atoms with Crippen molar-refractivity contribution in [3.63, 3.8) is 0 Å². The molecule has 0 saturated heterocycles.